The second-order valence-electron chi connectivity index (χ2n) is 11.4. The molecule has 6 aromatic carbocycles. The summed E-state index contributed by atoms with van der Waals surface area (Å²) in [6.45, 7) is 0. The molecule has 4 aromatic heterocycles. The molecule has 0 N–H and O–H groups in total. The van der Waals surface area contributed by atoms with E-state index in [4.69, 9.17) is 18.8 Å². The van der Waals surface area contributed by atoms with Gasteiger partial charge < -0.3 is 13.4 Å². The van der Waals surface area contributed by atoms with Crippen molar-refractivity contribution in [3.05, 3.63) is 140 Å². The van der Waals surface area contributed by atoms with Crippen molar-refractivity contribution in [2.75, 3.05) is 0 Å². The lowest BCUT2D eigenvalue weighted by Crippen LogP contribution is -1.97. The van der Waals surface area contributed by atoms with Crippen molar-refractivity contribution in [2.45, 2.75) is 0 Å². The zero-order valence-corrected chi connectivity index (χ0v) is 23.9. The van der Waals surface area contributed by atoms with Gasteiger partial charge in [0.25, 0.3) is 0 Å². The number of rotatable bonds is 3. The third-order valence-corrected chi connectivity index (χ3v) is 8.80. The van der Waals surface area contributed by atoms with Crippen LogP contribution in [0.25, 0.3) is 94.1 Å². The second-order valence-corrected chi connectivity index (χ2v) is 11.4. The molecule has 210 valence electrons. The van der Waals surface area contributed by atoms with Crippen molar-refractivity contribution >= 4 is 65.8 Å². The van der Waals surface area contributed by atoms with E-state index in [1.165, 1.54) is 5.39 Å². The predicted molar refractivity (Wildman–Crippen MR) is 182 cm³/mol. The van der Waals surface area contributed by atoms with Gasteiger partial charge in [0, 0.05) is 43.7 Å². The first-order valence-corrected chi connectivity index (χ1v) is 15.0. The molecule has 0 unspecified atom stereocenters. The molecular weight excluding hydrogens is 554 g/mol. The van der Waals surface area contributed by atoms with E-state index in [-0.39, 0.29) is 0 Å². The lowest BCUT2D eigenvalue weighted by molar-refractivity contribution is 0.667. The molecule has 0 aliphatic heterocycles. The molecule has 45 heavy (non-hydrogen) atoms. The maximum absolute atomic E-state index is 6.44. The van der Waals surface area contributed by atoms with E-state index in [1.807, 2.05) is 60.7 Å². The van der Waals surface area contributed by atoms with Gasteiger partial charge in [-0.2, -0.15) is 0 Å². The molecule has 0 amide bonds. The Bertz CT molecular complexity index is 2770. The molecule has 10 aromatic rings. The maximum Gasteiger partial charge on any atom is 0.180 e. The quantitative estimate of drug-likeness (QED) is 0.210. The summed E-state index contributed by atoms with van der Waals surface area (Å²) in [5.74, 6) is 0.668. The summed E-state index contributed by atoms with van der Waals surface area (Å²) < 4.78 is 15.1. The number of aromatic nitrogens is 3. The van der Waals surface area contributed by atoms with Crippen LogP contribution in [0.1, 0.15) is 0 Å². The highest BCUT2D eigenvalue weighted by atomic mass is 16.3. The van der Waals surface area contributed by atoms with Crippen molar-refractivity contribution in [3.8, 4) is 28.3 Å². The fourth-order valence-electron chi connectivity index (χ4n) is 6.76. The molecule has 0 bridgehead atoms. The van der Waals surface area contributed by atoms with E-state index in [0.29, 0.717) is 11.4 Å². The van der Waals surface area contributed by atoms with Gasteiger partial charge in [0.2, 0.25) is 0 Å². The highest BCUT2D eigenvalue weighted by Crippen LogP contribution is 2.40. The predicted octanol–water partition coefficient (Wildman–Crippen LogP) is 10.7. The lowest BCUT2D eigenvalue weighted by atomic mass is 10.1. The van der Waals surface area contributed by atoms with Crippen molar-refractivity contribution < 1.29 is 8.83 Å². The third-order valence-electron chi connectivity index (χ3n) is 8.80. The minimum absolute atomic E-state index is 0.668. The van der Waals surface area contributed by atoms with Crippen LogP contribution < -0.4 is 0 Å². The molecule has 0 spiro atoms. The first kappa shape index (κ1) is 24.3. The minimum atomic E-state index is 0.668. The summed E-state index contributed by atoms with van der Waals surface area (Å²) in [6, 6.07) is 47.9. The van der Waals surface area contributed by atoms with Crippen LogP contribution in [0.2, 0.25) is 0 Å². The van der Waals surface area contributed by atoms with Gasteiger partial charge in [-0.05, 0) is 48.5 Å². The van der Waals surface area contributed by atoms with Crippen LogP contribution in [0.4, 0.5) is 0 Å². The van der Waals surface area contributed by atoms with Crippen LogP contribution in [0.3, 0.4) is 0 Å². The Kier molecular flexibility index (Phi) is 4.93. The summed E-state index contributed by atoms with van der Waals surface area (Å²) in [6.07, 6.45) is 0. The standard InChI is InChI=1S/C40H23N3O2/c1-2-11-24(12-3-1)40-41-37(39-38(42-40)29-17-6-9-20-35(29)45-39)25-13-10-14-26(21-25)43-32-18-7-4-15-27(32)30-23-36-31(22-33(30)43)28-16-5-8-19-34(28)44-36/h1-23H. The SMILES string of the molecule is c1ccc(-c2nc(-c3cccc(-n4c5ccccc5c5cc6oc7ccccc7c6cc54)c3)c3oc4ccccc4c3n2)cc1. The van der Waals surface area contributed by atoms with Crippen molar-refractivity contribution in [1.29, 1.82) is 0 Å². The average molecular weight is 578 g/mol. The first-order chi connectivity index (χ1) is 22.3. The molecule has 4 heterocycles. The number of hydrogen-bond donors (Lipinski definition) is 0. The summed E-state index contributed by atoms with van der Waals surface area (Å²) in [4.78, 5) is 10.1. The molecular formula is C40H23N3O2. The number of hydrogen-bond acceptors (Lipinski definition) is 4. The van der Waals surface area contributed by atoms with E-state index in [9.17, 15) is 0 Å². The highest BCUT2D eigenvalue weighted by molar-refractivity contribution is 6.17. The molecule has 10 rings (SSSR count). The van der Waals surface area contributed by atoms with E-state index >= 15 is 0 Å². The van der Waals surface area contributed by atoms with Crippen molar-refractivity contribution in [2.24, 2.45) is 0 Å². The topological polar surface area (TPSA) is 57.0 Å². The fourth-order valence-corrected chi connectivity index (χ4v) is 6.76. The molecule has 0 aliphatic carbocycles. The van der Waals surface area contributed by atoms with Crippen molar-refractivity contribution in [3.63, 3.8) is 0 Å². The van der Waals surface area contributed by atoms with Crippen LogP contribution in [-0.2, 0) is 0 Å². The smallest absolute Gasteiger partial charge is 0.180 e. The van der Waals surface area contributed by atoms with Gasteiger partial charge in [0.15, 0.2) is 11.4 Å². The summed E-state index contributed by atoms with van der Waals surface area (Å²) in [7, 11) is 0. The second kappa shape index (κ2) is 9.15. The van der Waals surface area contributed by atoms with Crippen LogP contribution in [0, 0.1) is 0 Å². The van der Waals surface area contributed by atoms with Gasteiger partial charge in [-0.3, -0.25) is 0 Å². The molecule has 5 heteroatoms. The maximum atomic E-state index is 6.44. The van der Waals surface area contributed by atoms with Gasteiger partial charge in [-0.15, -0.1) is 0 Å². The first-order valence-electron chi connectivity index (χ1n) is 15.0. The highest BCUT2D eigenvalue weighted by Gasteiger charge is 2.20. The molecule has 0 fully saturated rings. The molecule has 0 atom stereocenters. The molecule has 0 aliphatic rings. The largest absolute Gasteiger partial charge is 0.456 e. The average Bonchev–Trinajstić information content (AvgIpc) is 3.76. The Balaban J connectivity index is 1.26. The Hall–Kier alpha value is -6.20. The van der Waals surface area contributed by atoms with Gasteiger partial charge in [-0.25, -0.2) is 9.97 Å². The van der Waals surface area contributed by atoms with Crippen LogP contribution in [0.15, 0.2) is 148 Å². The number of nitrogens with zero attached hydrogens (tertiary/aromatic N) is 3. The fraction of sp³-hybridized carbons (Fsp3) is 0. The van der Waals surface area contributed by atoms with E-state index in [0.717, 1.165) is 77.4 Å². The zero-order valence-electron chi connectivity index (χ0n) is 23.9. The summed E-state index contributed by atoms with van der Waals surface area (Å²) in [5, 5.41) is 5.51. The number of fused-ring (bicyclic) bond motifs is 9. The van der Waals surface area contributed by atoms with Crippen LogP contribution >= 0.6 is 0 Å². The molecule has 0 saturated carbocycles. The minimum Gasteiger partial charge on any atom is -0.456 e. The van der Waals surface area contributed by atoms with Crippen LogP contribution in [-0.4, -0.2) is 14.5 Å². The number of furan rings is 2. The molecule has 0 radical (unpaired) electrons. The number of para-hydroxylation sites is 3. The Morgan fingerprint density at radius 3 is 2.02 bits per heavy atom. The molecule has 5 nitrogen and oxygen atoms in total. The van der Waals surface area contributed by atoms with E-state index < -0.39 is 0 Å². The van der Waals surface area contributed by atoms with Gasteiger partial charge in [0.1, 0.15) is 28.0 Å². The molecule has 0 saturated heterocycles. The Morgan fingerprint density at radius 2 is 1.16 bits per heavy atom. The zero-order chi connectivity index (χ0) is 29.5. The van der Waals surface area contributed by atoms with Gasteiger partial charge >= 0.3 is 0 Å². The Labute approximate surface area is 256 Å². The monoisotopic (exact) mass is 577 g/mol. The van der Waals surface area contributed by atoms with E-state index in [1.54, 1.807) is 0 Å². The third kappa shape index (κ3) is 3.55. The number of benzene rings is 6. The van der Waals surface area contributed by atoms with Gasteiger partial charge in [-0.1, -0.05) is 91.0 Å². The van der Waals surface area contributed by atoms with Gasteiger partial charge in [0.05, 0.1) is 11.0 Å². The van der Waals surface area contributed by atoms with Crippen LogP contribution in [0.5, 0.6) is 0 Å². The van der Waals surface area contributed by atoms with E-state index in [2.05, 4.69) is 83.4 Å². The summed E-state index contributed by atoms with van der Waals surface area (Å²) >= 11 is 0. The summed E-state index contributed by atoms with van der Waals surface area (Å²) in [5.41, 5.74) is 10.0. The van der Waals surface area contributed by atoms with Crippen molar-refractivity contribution in [1.82, 2.24) is 14.5 Å². The Morgan fingerprint density at radius 1 is 0.444 bits per heavy atom. The lowest BCUT2D eigenvalue weighted by Gasteiger charge is -2.11. The normalized spacial score (nSPS) is 12.0.